The number of carbonyl (C=O) groups is 7. The zero-order valence-electron chi connectivity index (χ0n) is 33.5. The summed E-state index contributed by atoms with van der Waals surface area (Å²) in [6.45, 7) is 1.70. The van der Waals surface area contributed by atoms with E-state index in [1.807, 2.05) is 0 Å². The van der Waals surface area contributed by atoms with Crippen LogP contribution in [0.1, 0.15) is 108 Å². The van der Waals surface area contributed by atoms with Crippen molar-refractivity contribution in [2.75, 3.05) is 20.3 Å². The van der Waals surface area contributed by atoms with Crippen molar-refractivity contribution in [3.63, 3.8) is 0 Å². The number of nitrogens with zero attached hydrogens (tertiary/aromatic N) is 1. The number of phenols is 2. The first kappa shape index (κ1) is 43.4. The van der Waals surface area contributed by atoms with Crippen molar-refractivity contribution in [1.29, 1.82) is 0 Å². The quantitative estimate of drug-likeness (QED) is 0.101. The Hall–Kier alpha value is -5.73. The molecule has 19 nitrogen and oxygen atoms in total. The molecule has 2 aromatic carbocycles. The number of aliphatic hydroxyl groups excluding tert-OH is 2. The molecule has 0 aromatic heterocycles. The number of aromatic hydroxyl groups is 2. The Bertz CT molecular complexity index is 2220. The maximum atomic E-state index is 14.0. The van der Waals surface area contributed by atoms with Crippen LogP contribution in [-0.4, -0.2) is 128 Å². The number of benzene rings is 2. The van der Waals surface area contributed by atoms with Crippen molar-refractivity contribution in [3.05, 3.63) is 63.7 Å². The number of aliphatic hydroxyl groups is 3. The van der Waals surface area contributed by atoms with Gasteiger partial charge >= 0.3 is 12.1 Å². The fourth-order valence-electron chi connectivity index (χ4n) is 8.66. The van der Waals surface area contributed by atoms with E-state index in [1.165, 1.54) is 32.2 Å². The smallest absolute Gasteiger partial charge is 0.408 e. The van der Waals surface area contributed by atoms with Gasteiger partial charge in [0.15, 0.2) is 11.6 Å². The molecule has 19 heteroatoms. The molecule has 5 aliphatic rings. The van der Waals surface area contributed by atoms with E-state index < -0.39 is 131 Å². The molecule has 3 aliphatic carbocycles. The zero-order valence-corrected chi connectivity index (χ0v) is 33.5. The molecule has 0 radical (unpaired) electrons. The molecule has 2 aromatic rings. The number of ether oxygens (including phenoxy) is 4. The Balaban J connectivity index is 1.15. The van der Waals surface area contributed by atoms with Gasteiger partial charge in [0.2, 0.25) is 5.78 Å². The van der Waals surface area contributed by atoms with Crippen LogP contribution in [0.3, 0.4) is 0 Å². The Morgan fingerprint density at radius 3 is 2.39 bits per heavy atom. The van der Waals surface area contributed by atoms with Gasteiger partial charge in [-0.15, -0.1) is 5.06 Å². The van der Waals surface area contributed by atoms with Crippen LogP contribution in [0.5, 0.6) is 17.2 Å². The number of hydroxylamine groups is 2. The van der Waals surface area contributed by atoms with Crippen molar-refractivity contribution in [2.45, 2.75) is 107 Å². The first-order valence-corrected chi connectivity index (χ1v) is 19.8. The van der Waals surface area contributed by atoms with Gasteiger partial charge in [-0.25, -0.2) is 9.59 Å². The van der Waals surface area contributed by atoms with E-state index >= 15 is 0 Å². The number of imide groups is 1. The first-order chi connectivity index (χ1) is 28.9. The molecular weight excluding hydrogens is 804 g/mol. The number of ketones is 3. The van der Waals surface area contributed by atoms with Crippen molar-refractivity contribution in [2.24, 2.45) is 5.41 Å². The Morgan fingerprint density at radius 1 is 1.00 bits per heavy atom. The summed E-state index contributed by atoms with van der Waals surface area (Å²) in [5.41, 5.74) is -5.61. The third-order valence-electron chi connectivity index (χ3n) is 12.3. The van der Waals surface area contributed by atoms with Crippen LogP contribution < -0.4 is 10.1 Å². The van der Waals surface area contributed by atoms with Crippen LogP contribution in [0.15, 0.2) is 30.4 Å². The number of hydrogen-bond acceptors (Lipinski definition) is 17. The second-order valence-electron chi connectivity index (χ2n) is 16.2. The Morgan fingerprint density at radius 2 is 1.70 bits per heavy atom. The van der Waals surface area contributed by atoms with Crippen LogP contribution in [0, 0.1) is 5.41 Å². The molecule has 2 heterocycles. The second-order valence-corrected chi connectivity index (χ2v) is 16.2. The highest BCUT2D eigenvalue weighted by Gasteiger charge is 2.51. The number of rotatable bonds is 9. The SMILES string of the molecule is COc1cccc2c1C(=O)c1c(O)c3c(c(O)c1C2=O)C[C@@](O)(C(=O)CO)C[C@@H]3O[C@@H]1COC(C)[C@H](O)C1NC(=O)O[C@@H]1/C=C/CC[C@](C)(C(=O)ON2C(=O)CCC2=O)CC1. The number of fused-ring (bicyclic) bond motifs is 3. The van der Waals surface area contributed by atoms with Crippen LogP contribution in [0.4, 0.5) is 4.79 Å². The highest BCUT2D eigenvalue weighted by Crippen LogP contribution is 2.52. The summed E-state index contributed by atoms with van der Waals surface area (Å²) in [4.78, 5) is 97.0. The molecule has 8 atom stereocenters. The van der Waals surface area contributed by atoms with Gasteiger partial charge in [-0.1, -0.05) is 18.2 Å². The van der Waals surface area contributed by atoms with Gasteiger partial charge in [0, 0.05) is 42.4 Å². The lowest BCUT2D eigenvalue weighted by atomic mass is 9.71. The van der Waals surface area contributed by atoms with Gasteiger partial charge in [-0.2, -0.15) is 0 Å². The van der Waals surface area contributed by atoms with Gasteiger partial charge in [-0.05, 0) is 51.7 Å². The van der Waals surface area contributed by atoms with E-state index in [4.69, 9.17) is 23.8 Å². The average Bonchev–Trinajstić information content (AvgIpc) is 3.54. The van der Waals surface area contributed by atoms with Crippen LogP contribution in [-0.2, 0) is 44.6 Å². The first-order valence-electron chi connectivity index (χ1n) is 19.8. The Kier molecular flexibility index (Phi) is 11.8. The predicted octanol–water partition coefficient (Wildman–Crippen LogP) is 1.53. The molecule has 7 rings (SSSR count). The largest absolute Gasteiger partial charge is 0.507 e. The number of allylic oxidation sites excluding steroid dienone is 1. The van der Waals surface area contributed by atoms with Gasteiger partial charge < -0.3 is 54.6 Å². The normalized spacial score (nSPS) is 30.3. The predicted molar refractivity (Wildman–Crippen MR) is 204 cm³/mol. The van der Waals surface area contributed by atoms with Crippen LogP contribution >= 0.6 is 0 Å². The van der Waals surface area contributed by atoms with Crippen LogP contribution in [0.25, 0.3) is 0 Å². The van der Waals surface area contributed by atoms with E-state index in [-0.39, 0.29) is 60.3 Å². The summed E-state index contributed by atoms with van der Waals surface area (Å²) < 4.78 is 23.1. The minimum absolute atomic E-state index is 0.0245. The maximum absolute atomic E-state index is 14.0. The lowest BCUT2D eigenvalue weighted by Crippen LogP contribution is -2.61. The number of carbonyl (C=O) groups excluding carboxylic acids is 7. The van der Waals surface area contributed by atoms with Crippen molar-refractivity contribution in [3.8, 4) is 17.2 Å². The average molecular weight is 851 g/mol. The summed E-state index contributed by atoms with van der Waals surface area (Å²) in [5, 5.41) is 59.5. The number of alkyl carbamates (subject to hydrolysis) is 1. The van der Waals surface area contributed by atoms with E-state index in [0.717, 1.165) is 0 Å². The summed E-state index contributed by atoms with van der Waals surface area (Å²) in [7, 11) is 1.28. The molecule has 3 amide bonds. The topological polar surface area (TPSA) is 282 Å². The summed E-state index contributed by atoms with van der Waals surface area (Å²) in [5.74, 6) is -6.40. The summed E-state index contributed by atoms with van der Waals surface area (Å²) >= 11 is 0. The molecule has 61 heavy (non-hydrogen) atoms. The van der Waals surface area contributed by atoms with Gasteiger partial charge in [0.25, 0.3) is 11.8 Å². The van der Waals surface area contributed by atoms with E-state index in [1.54, 1.807) is 19.1 Å². The molecule has 0 saturated carbocycles. The molecule has 6 N–H and O–H groups in total. The fourth-order valence-corrected chi connectivity index (χ4v) is 8.66. The lowest BCUT2D eigenvalue weighted by Gasteiger charge is -2.44. The number of methoxy groups -OCH3 is 1. The Labute approximate surface area is 348 Å². The summed E-state index contributed by atoms with van der Waals surface area (Å²) in [6.07, 6.45) is -4.38. The third-order valence-corrected chi connectivity index (χ3v) is 12.3. The number of Topliss-reactive ketones (excluding diaryl/α,β-unsaturated/α-hetero) is 1. The third kappa shape index (κ3) is 7.76. The van der Waals surface area contributed by atoms with E-state index in [9.17, 15) is 59.1 Å². The molecule has 0 bridgehead atoms. The number of phenolic OH excluding ortho intramolecular Hbond substituents is 2. The van der Waals surface area contributed by atoms with Crippen molar-refractivity contribution in [1.82, 2.24) is 10.4 Å². The minimum atomic E-state index is -2.43. The highest BCUT2D eigenvalue weighted by atomic mass is 16.7. The molecule has 0 spiro atoms. The maximum Gasteiger partial charge on any atom is 0.408 e. The lowest BCUT2D eigenvalue weighted by molar-refractivity contribution is -0.205. The van der Waals surface area contributed by atoms with Gasteiger partial charge in [0.05, 0.1) is 54.1 Å². The molecule has 2 unspecified atom stereocenters. The van der Waals surface area contributed by atoms with Crippen molar-refractivity contribution < 1.29 is 82.9 Å². The summed E-state index contributed by atoms with van der Waals surface area (Å²) in [6, 6.07) is 2.93. The van der Waals surface area contributed by atoms with E-state index in [2.05, 4.69) is 5.32 Å². The second kappa shape index (κ2) is 16.6. The van der Waals surface area contributed by atoms with E-state index in [0.29, 0.717) is 17.9 Å². The number of hydrogen-bond donors (Lipinski definition) is 6. The van der Waals surface area contributed by atoms with Crippen molar-refractivity contribution >= 4 is 41.2 Å². The van der Waals surface area contributed by atoms with Crippen LogP contribution in [0.2, 0.25) is 0 Å². The standard InChI is InChI=1S/C42H46N2O17/c1-19-34(49)33(43-40(55)59-20-7-4-5-13-41(2,14-12-20)39(54)61-44-27(47)10-11-28(44)48)25(18-58-19)60-24-16-42(56,26(46)17-45)15-22-30(24)38(53)32-31(36(22)51)35(50)21-8-6-9-23(57-3)29(21)37(32)52/h4,6-9,19-20,24-25,33-34,45,49,51,53,56H,5,10-18H2,1-3H3,(H,43,55)/b7-4+/t19?,20-,24+,25-,33?,34+,41+,42+/m1/s1. The molecule has 2 saturated heterocycles. The monoisotopic (exact) mass is 850 g/mol. The molecule has 2 aliphatic heterocycles. The zero-order chi connectivity index (χ0) is 44.1. The minimum Gasteiger partial charge on any atom is -0.507 e. The molecular formula is C42H46N2O17. The fraction of sp³-hybridized carbons (Fsp3) is 0.500. The number of amides is 3. The number of nitrogens with one attached hydrogen (secondary N) is 1. The highest BCUT2D eigenvalue weighted by molar-refractivity contribution is 6.31. The molecule has 326 valence electrons. The van der Waals surface area contributed by atoms with Gasteiger partial charge in [0.1, 0.15) is 47.8 Å². The molecule has 2 fully saturated rings. The van der Waals surface area contributed by atoms with Gasteiger partial charge in [-0.3, -0.25) is 24.0 Å².